The monoisotopic (exact) mass is 292 g/mol. The van der Waals surface area contributed by atoms with Crippen LogP contribution < -0.4 is 5.73 Å². The number of nitrogens with zero attached hydrogens (tertiary/aromatic N) is 1. The van der Waals surface area contributed by atoms with Gasteiger partial charge in [0.15, 0.2) is 0 Å². The molecule has 0 spiro atoms. The molecule has 4 heteroatoms. The summed E-state index contributed by atoms with van der Waals surface area (Å²) in [6.45, 7) is 2.13. The fourth-order valence-electron chi connectivity index (χ4n) is 0.999. The van der Waals surface area contributed by atoms with Crippen molar-refractivity contribution in [1.82, 2.24) is 4.98 Å². The van der Waals surface area contributed by atoms with Gasteiger partial charge in [-0.3, -0.25) is 0 Å². The van der Waals surface area contributed by atoms with Gasteiger partial charge >= 0.3 is 0 Å². The maximum Gasteiger partial charge on any atom is 0.138 e. The van der Waals surface area contributed by atoms with Crippen LogP contribution in [0.2, 0.25) is 0 Å². The molecular formula is C8H10Br2N2. The Morgan fingerprint density at radius 2 is 2.17 bits per heavy atom. The minimum absolute atomic E-state index is 0.557. The van der Waals surface area contributed by atoms with Crippen LogP contribution in [0.3, 0.4) is 0 Å². The highest BCUT2D eigenvalue weighted by Gasteiger charge is 2.07. The third-order valence-corrected chi connectivity index (χ3v) is 3.16. The van der Waals surface area contributed by atoms with Crippen molar-refractivity contribution in [2.45, 2.75) is 19.8 Å². The van der Waals surface area contributed by atoms with Crippen molar-refractivity contribution in [3.05, 3.63) is 20.7 Å². The molecule has 0 aliphatic heterocycles. The summed E-state index contributed by atoms with van der Waals surface area (Å²) in [5.74, 6) is 0.557. The molecule has 0 saturated heterocycles. The van der Waals surface area contributed by atoms with E-state index in [4.69, 9.17) is 5.73 Å². The van der Waals surface area contributed by atoms with Gasteiger partial charge in [0.1, 0.15) is 5.82 Å². The molecule has 0 unspecified atom stereocenters. The third-order valence-electron chi connectivity index (χ3n) is 1.60. The zero-order valence-corrected chi connectivity index (χ0v) is 9.94. The Hall–Kier alpha value is -0.0900. The van der Waals surface area contributed by atoms with E-state index in [1.54, 1.807) is 6.20 Å². The molecule has 12 heavy (non-hydrogen) atoms. The van der Waals surface area contributed by atoms with E-state index in [0.29, 0.717) is 5.82 Å². The number of rotatable bonds is 2. The molecule has 1 aromatic rings. The van der Waals surface area contributed by atoms with Gasteiger partial charge in [0.2, 0.25) is 0 Å². The first kappa shape index (κ1) is 9.99. The van der Waals surface area contributed by atoms with Gasteiger partial charge in [0, 0.05) is 10.7 Å². The Labute approximate surface area is 88.8 Å². The molecule has 2 nitrogen and oxygen atoms in total. The van der Waals surface area contributed by atoms with Crippen molar-refractivity contribution >= 4 is 37.7 Å². The minimum atomic E-state index is 0.557. The molecule has 0 amide bonds. The highest BCUT2D eigenvalue weighted by Crippen LogP contribution is 2.29. The minimum Gasteiger partial charge on any atom is -0.383 e. The fraction of sp³-hybridized carbons (Fsp3) is 0.375. The first-order valence-electron chi connectivity index (χ1n) is 3.75. The van der Waals surface area contributed by atoms with Gasteiger partial charge in [-0.2, -0.15) is 0 Å². The van der Waals surface area contributed by atoms with Gasteiger partial charge in [-0.05, 0) is 43.8 Å². The summed E-state index contributed by atoms with van der Waals surface area (Å²) in [7, 11) is 0. The van der Waals surface area contributed by atoms with Gasteiger partial charge in [-0.15, -0.1) is 0 Å². The molecule has 2 N–H and O–H groups in total. The molecule has 0 radical (unpaired) electrons. The van der Waals surface area contributed by atoms with Crippen LogP contribution in [0, 0.1) is 0 Å². The zero-order chi connectivity index (χ0) is 9.14. The summed E-state index contributed by atoms with van der Waals surface area (Å²) in [6, 6.07) is 0. The largest absolute Gasteiger partial charge is 0.383 e. The highest BCUT2D eigenvalue weighted by molar-refractivity contribution is 9.11. The van der Waals surface area contributed by atoms with Gasteiger partial charge in [0.05, 0.1) is 4.47 Å². The number of nitrogens with two attached hydrogens (primary N) is 1. The van der Waals surface area contributed by atoms with Crippen molar-refractivity contribution < 1.29 is 0 Å². The van der Waals surface area contributed by atoms with Gasteiger partial charge in [0.25, 0.3) is 0 Å². The number of halogens is 2. The second-order valence-corrected chi connectivity index (χ2v) is 4.18. The molecule has 0 saturated carbocycles. The lowest BCUT2D eigenvalue weighted by Crippen LogP contribution is -1.96. The van der Waals surface area contributed by atoms with Crippen molar-refractivity contribution in [3.63, 3.8) is 0 Å². The standard InChI is InChI=1S/C8H10Br2N2/c1-2-3-5-6(9)4-12-8(11)7(5)10/h4H,2-3H2,1H3,(H2,11,12). The van der Waals surface area contributed by atoms with Crippen LogP contribution in [0.25, 0.3) is 0 Å². The van der Waals surface area contributed by atoms with Crippen LogP contribution in [0.4, 0.5) is 5.82 Å². The van der Waals surface area contributed by atoms with Crippen LogP contribution in [-0.4, -0.2) is 4.98 Å². The van der Waals surface area contributed by atoms with E-state index < -0.39 is 0 Å². The van der Waals surface area contributed by atoms with Gasteiger partial charge in [-0.1, -0.05) is 13.3 Å². The Morgan fingerprint density at radius 3 is 2.75 bits per heavy atom. The number of pyridine rings is 1. The second-order valence-electron chi connectivity index (χ2n) is 2.53. The topological polar surface area (TPSA) is 38.9 Å². The molecule has 0 fully saturated rings. The first-order chi connectivity index (χ1) is 5.66. The lowest BCUT2D eigenvalue weighted by atomic mass is 10.1. The molecule has 0 aromatic carbocycles. The predicted molar refractivity (Wildman–Crippen MR) is 58.0 cm³/mol. The third kappa shape index (κ3) is 1.98. The molecule has 0 bridgehead atoms. The Kier molecular flexibility index (Phi) is 3.53. The maximum atomic E-state index is 5.64. The molecule has 1 rings (SSSR count). The summed E-state index contributed by atoms with van der Waals surface area (Å²) >= 11 is 6.85. The Morgan fingerprint density at radius 1 is 1.50 bits per heavy atom. The quantitative estimate of drug-likeness (QED) is 0.910. The molecule has 0 atom stereocenters. The van der Waals surface area contributed by atoms with E-state index in [1.165, 1.54) is 5.56 Å². The Balaban J connectivity index is 3.14. The molecule has 66 valence electrons. The predicted octanol–water partition coefficient (Wildman–Crippen LogP) is 3.14. The highest BCUT2D eigenvalue weighted by atomic mass is 79.9. The number of aromatic nitrogens is 1. The zero-order valence-electron chi connectivity index (χ0n) is 6.77. The van der Waals surface area contributed by atoms with E-state index in [9.17, 15) is 0 Å². The van der Waals surface area contributed by atoms with Crippen LogP contribution in [0.15, 0.2) is 15.1 Å². The molecule has 0 aliphatic carbocycles. The van der Waals surface area contributed by atoms with Crippen LogP contribution in [0.5, 0.6) is 0 Å². The summed E-state index contributed by atoms with van der Waals surface area (Å²) in [4.78, 5) is 4.01. The summed E-state index contributed by atoms with van der Waals surface area (Å²) < 4.78 is 1.93. The van der Waals surface area contributed by atoms with E-state index in [-0.39, 0.29) is 0 Å². The summed E-state index contributed by atoms with van der Waals surface area (Å²) in [5, 5.41) is 0. The lowest BCUT2D eigenvalue weighted by Gasteiger charge is -2.06. The van der Waals surface area contributed by atoms with E-state index >= 15 is 0 Å². The summed E-state index contributed by atoms with van der Waals surface area (Å²) in [5.41, 5.74) is 6.84. The fourth-order valence-corrected chi connectivity index (χ4v) is 2.28. The molecule has 1 aromatic heterocycles. The molecular weight excluding hydrogens is 284 g/mol. The van der Waals surface area contributed by atoms with Crippen molar-refractivity contribution in [1.29, 1.82) is 0 Å². The Bertz CT molecular complexity index is 287. The number of hydrogen-bond acceptors (Lipinski definition) is 2. The SMILES string of the molecule is CCCc1c(Br)cnc(N)c1Br. The normalized spacial score (nSPS) is 10.2. The second kappa shape index (κ2) is 4.23. The van der Waals surface area contributed by atoms with Gasteiger partial charge in [-0.25, -0.2) is 4.98 Å². The van der Waals surface area contributed by atoms with Gasteiger partial charge < -0.3 is 5.73 Å². The molecule has 0 aliphatic rings. The van der Waals surface area contributed by atoms with Crippen molar-refractivity contribution in [3.8, 4) is 0 Å². The van der Waals surface area contributed by atoms with Crippen molar-refractivity contribution in [2.24, 2.45) is 0 Å². The van der Waals surface area contributed by atoms with E-state index in [1.807, 2.05) is 0 Å². The number of hydrogen-bond donors (Lipinski definition) is 1. The van der Waals surface area contributed by atoms with Crippen LogP contribution in [0.1, 0.15) is 18.9 Å². The lowest BCUT2D eigenvalue weighted by molar-refractivity contribution is 0.908. The first-order valence-corrected chi connectivity index (χ1v) is 5.33. The maximum absolute atomic E-state index is 5.64. The van der Waals surface area contributed by atoms with E-state index in [0.717, 1.165) is 21.8 Å². The van der Waals surface area contributed by atoms with E-state index in [2.05, 4.69) is 43.8 Å². The average molecular weight is 294 g/mol. The summed E-state index contributed by atoms with van der Waals surface area (Å²) in [6.07, 6.45) is 3.85. The van der Waals surface area contributed by atoms with Crippen LogP contribution >= 0.6 is 31.9 Å². The smallest absolute Gasteiger partial charge is 0.138 e. The molecule has 1 heterocycles. The number of nitrogen functional groups attached to an aromatic ring is 1. The van der Waals surface area contributed by atoms with Crippen molar-refractivity contribution in [2.75, 3.05) is 5.73 Å². The van der Waals surface area contributed by atoms with Crippen LogP contribution in [-0.2, 0) is 6.42 Å². The average Bonchev–Trinajstić information content (AvgIpc) is 2.06. The number of anilines is 1.